The Morgan fingerprint density at radius 2 is 1.93 bits per heavy atom. The molecule has 0 atom stereocenters. The highest BCUT2D eigenvalue weighted by Gasteiger charge is 2.12. The monoisotopic (exact) mass is 432 g/mol. The van der Waals surface area contributed by atoms with Crippen LogP contribution in [0.15, 0.2) is 65.7 Å². The minimum atomic E-state index is -0.510. The molecule has 0 aliphatic carbocycles. The summed E-state index contributed by atoms with van der Waals surface area (Å²) in [5, 5.41) is 3.16. The van der Waals surface area contributed by atoms with Crippen molar-refractivity contribution in [3.63, 3.8) is 0 Å². The van der Waals surface area contributed by atoms with Crippen LogP contribution >= 0.6 is 23.4 Å². The summed E-state index contributed by atoms with van der Waals surface area (Å²) in [4.78, 5) is 17.5. The van der Waals surface area contributed by atoms with Crippen LogP contribution < -0.4 is 14.8 Å². The number of nitrogens with one attached hydrogen (secondary N) is 1. The van der Waals surface area contributed by atoms with Crippen LogP contribution in [0.5, 0.6) is 11.5 Å². The van der Waals surface area contributed by atoms with Crippen molar-refractivity contribution in [1.82, 2.24) is 4.98 Å². The summed E-state index contributed by atoms with van der Waals surface area (Å²) in [6.07, 6.45) is 1.54. The fraction of sp³-hybridized carbons (Fsp3) is 0.143. The number of aromatic nitrogens is 1. The highest BCUT2D eigenvalue weighted by Crippen LogP contribution is 2.30. The van der Waals surface area contributed by atoms with Gasteiger partial charge >= 0.3 is 0 Å². The molecular formula is C21H18ClFN2O3S. The van der Waals surface area contributed by atoms with Crippen molar-refractivity contribution in [2.45, 2.75) is 10.6 Å². The normalized spacial score (nSPS) is 10.4. The van der Waals surface area contributed by atoms with E-state index in [1.165, 1.54) is 19.2 Å². The molecule has 0 fully saturated rings. The Labute approximate surface area is 177 Å². The minimum Gasteiger partial charge on any atom is -0.491 e. The average molecular weight is 433 g/mol. The SMILES string of the molecule is COc1cnc(CSc2ccc(Cl)cc2)cc1OCC(=O)Nc1ccccc1F. The van der Waals surface area contributed by atoms with Crippen LogP contribution in [0, 0.1) is 5.82 Å². The highest BCUT2D eigenvalue weighted by molar-refractivity contribution is 7.98. The van der Waals surface area contributed by atoms with Gasteiger partial charge in [-0.05, 0) is 36.4 Å². The van der Waals surface area contributed by atoms with E-state index in [1.807, 2.05) is 24.3 Å². The number of pyridine rings is 1. The minimum absolute atomic E-state index is 0.0999. The van der Waals surface area contributed by atoms with Crippen molar-refractivity contribution in [2.75, 3.05) is 19.0 Å². The first-order valence-electron chi connectivity index (χ1n) is 8.63. The quantitative estimate of drug-likeness (QED) is 0.496. The molecule has 0 bridgehead atoms. The first-order valence-corrected chi connectivity index (χ1v) is 10.00. The van der Waals surface area contributed by atoms with Gasteiger partial charge in [0.2, 0.25) is 0 Å². The standard InChI is InChI=1S/C21H18ClFN2O3S/c1-27-20-11-24-15(13-29-16-8-6-14(22)7-9-16)10-19(20)28-12-21(26)25-18-5-3-2-4-17(18)23/h2-11H,12-13H2,1H3,(H,25,26). The van der Waals surface area contributed by atoms with E-state index in [1.54, 1.807) is 36.2 Å². The first-order chi connectivity index (χ1) is 14.0. The summed E-state index contributed by atoms with van der Waals surface area (Å²) in [5.74, 6) is 0.403. The molecule has 0 radical (unpaired) electrons. The molecule has 2 aromatic carbocycles. The molecule has 0 unspecified atom stereocenters. The largest absolute Gasteiger partial charge is 0.491 e. The number of thioether (sulfide) groups is 1. The molecule has 0 aliphatic heterocycles. The molecule has 29 heavy (non-hydrogen) atoms. The number of carbonyl (C=O) groups excluding carboxylic acids is 1. The Bertz CT molecular complexity index is 986. The van der Waals surface area contributed by atoms with E-state index in [0.717, 1.165) is 10.6 Å². The van der Waals surface area contributed by atoms with Crippen LogP contribution in [-0.2, 0) is 10.5 Å². The second-order valence-corrected chi connectivity index (χ2v) is 7.37. The number of halogens is 2. The van der Waals surface area contributed by atoms with E-state index in [0.29, 0.717) is 22.3 Å². The van der Waals surface area contributed by atoms with Crippen LogP contribution in [0.2, 0.25) is 5.02 Å². The van der Waals surface area contributed by atoms with Crippen molar-refractivity contribution in [2.24, 2.45) is 0 Å². The molecule has 5 nitrogen and oxygen atoms in total. The molecular weight excluding hydrogens is 415 g/mol. The number of nitrogens with zero attached hydrogens (tertiary/aromatic N) is 1. The zero-order valence-electron chi connectivity index (χ0n) is 15.5. The lowest BCUT2D eigenvalue weighted by atomic mass is 10.3. The van der Waals surface area contributed by atoms with Crippen molar-refractivity contribution in [3.05, 3.63) is 77.3 Å². The van der Waals surface area contributed by atoms with Gasteiger partial charge in [-0.2, -0.15) is 0 Å². The molecule has 150 valence electrons. The van der Waals surface area contributed by atoms with Crippen LogP contribution in [0.4, 0.5) is 10.1 Å². The fourth-order valence-electron chi connectivity index (χ4n) is 2.39. The van der Waals surface area contributed by atoms with E-state index in [4.69, 9.17) is 21.1 Å². The zero-order valence-corrected chi connectivity index (χ0v) is 17.1. The predicted octanol–water partition coefficient (Wildman–Crippen LogP) is 5.19. The van der Waals surface area contributed by atoms with Gasteiger partial charge in [0, 0.05) is 21.7 Å². The van der Waals surface area contributed by atoms with Gasteiger partial charge in [0.15, 0.2) is 18.1 Å². The molecule has 0 saturated carbocycles. The highest BCUT2D eigenvalue weighted by atomic mass is 35.5. The second kappa shape index (κ2) is 10.1. The number of hydrogen-bond donors (Lipinski definition) is 1. The molecule has 0 saturated heterocycles. The van der Waals surface area contributed by atoms with Gasteiger partial charge in [-0.15, -0.1) is 11.8 Å². The van der Waals surface area contributed by atoms with Gasteiger partial charge in [-0.25, -0.2) is 4.39 Å². The maximum absolute atomic E-state index is 13.6. The Balaban J connectivity index is 1.61. The molecule has 1 heterocycles. The number of methoxy groups -OCH3 is 1. The summed E-state index contributed by atoms with van der Waals surface area (Å²) in [6.45, 7) is -0.293. The van der Waals surface area contributed by atoms with Gasteiger partial charge in [0.1, 0.15) is 5.82 Å². The summed E-state index contributed by atoms with van der Waals surface area (Å²) in [5.41, 5.74) is 0.859. The number of hydrogen-bond acceptors (Lipinski definition) is 5. The molecule has 1 aromatic heterocycles. The van der Waals surface area contributed by atoms with Crippen molar-refractivity contribution in [1.29, 1.82) is 0 Å². The molecule has 0 aliphatic rings. The van der Waals surface area contributed by atoms with Crippen LogP contribution in [-0.4, -0.2) is 24.6 Å². The van der Waals surface area contributed by atoms with E-state index < -0.39 is 11.7 Å². The summed E-state index contributed by atoms with van der Waals surface area (Å²) in [6, 6.07) is 15.2. The van der Waals surface area contributed by atoms with Crippen LogP contribution in [0.1, 0.15) is 5.69 Å². The first kappa shape index (κ1) is 21.0. The average Bonchev–Trinajstić information content (AvgIpc) is 2.73. The number of ether oxygens (including phenoxy) is 2. The third-order valence-corrected chi connectivity index (χ3v) is 5.11. The summed E-state index contributed by atoms with van der Waals surface area (Å²) in [7, 11) is 1.49. The van der Waals surface area contributed by atoms with Gasteiger partial charge in [-0.3, -0.25) is 9.78 Å². The lowest BCUT2D eigenvalue weighted by Crippen LogP contribution is -2.21. The third-order valence-electron chi connectivity index (χ3n) is 3.82. The van der Waals surface area contributed by atoms with E-state index in [-0.39, 0.29) is 12.3 Å². The number of anilines is 1. The molecule has 1 amide bonds. The summed E-state index contributed by atoms with van der Waals surface area (Å²) < 4.78 is 24.5. The number of para-hydroxylation sites is 1. The molecule has 0 spiro atoms. The van der Waals surface area contributed by atoms with Crippen molar-refractivity contribution >= 4 is 35.0 Å². The fourth-order valence-corrected chi connectivity index (χ4v) is 3.32. The van der Waals surface area contributed by atoms with Gasteiger partial charge < -0.3 is 14.8 Å². The zero-order chi connectivity index (χ0) is 20.6. The van der Waals surface area contributed by atoms with Gasteiger partial charge in [-0.1, -0.05) is 23.7 Å². The molecule has 1 N–H and O–H groups in total. The molecule has 8 heteroatoms. The van der Waals surface area contributed by atoms with Gasteiger partial charge in [0.05, 0.1) is 24.7 Å². The number of amides is 1. The Hall–Kier alpha value is -2.77. The topological polar surface area (TPSA) is 60.5 Å². The summed E-state index contributed by atoms with van der Waals surface area (Å²) >= 11 is 7.49. The predicted molar refractivity (Wildman–Crippen MR) is 112 cm³/mol. The van der Waals surface area contributed by atoms with Gasteiger partial charge in [0.25, 0.3) is 5.91 Å². The third kappa shape index (κ3) is 6.10. The Morgan fingerprint density at radius 3 is 2.66 bits per heavy atom. The number of carbonyl (C=O) groups is 1. The van der Waals surface area contributed by atoms with E-state index in [2.05, 4.69) is 10.3 Å². The van der Waals surface area contributed by atoms with E-state index in [9.17, 15) is 9.18 Å². The number of rotatable bonds is 8. The maximum Gasteiger partial charge on any atom is 0.262 e. The van der Waals surface area contributed by atoms with Crippen molar-refractivity contribution < 1.29 is 18.7 Å². The smallest absolute Gasteiger partial charge is 0.262 e. The Morgan fingerprint density at radius 1 is 1.17 bits per heavy atom. The molecule has 3 rings (SSSR count). The van der Waals surface area contributed by atoms with Crippen LogP contribution in [0.25, 0.3) is 0 Å². The Kier molecular flexibility index (Phi) is 7.32. The lowest BCUT2D eigenvalue weighted by Gasteiger charge is -2.12. The van der Waals surface area contributed by atoms with Crippen molar-refractivity contribution in [3.8, 4) is 11.5 Å². The van der Waals surface area contributed by atoms with Crippen LogP contribution in [0.3, 0.4) is 0 Å². The maximum atomic E-state index is 13.6. The second-order valence-electron chi connectivity index (χ2n) is 5.89. The number of benzene rings is 2. The molecule has 3 aromatic rings. The van der Waals surface area contributed by atoms with E-state index >= 15 is 0 Å². The lowest BCUT2D eigenvalue weighted by molar-refractivity contribution is -0.118.